The molecule has 0 saturated heterocycles. The van der Waals surface area contributed by atoms with Gasteiger partial charge >= 0.3 is 0 Å². The first-order chi connectivity index (χ1) is 16.2. The van der Waals surface area contributed by atoms with Crippen LogP contribution >= 0.6 is 24.0 Å². The largest absolute Gasteiger partial charge is 0.493 e. The van der Waals surface area contributed by atoms with E-state index in [0.717, 1.165) is 22.4 Å². The highest BCUT2D eigenvalue weighted by atomic mass is 127. The number of rotatable bonds is 10. The van der Waals surface area contributed by atoms with Crippen molar-refractivity contribution in [2.75, 3.05) is 41.5 Å². The third kappa shape index (κ3) is 7.18. The summed E-state index contributed by atoms with van der Waals surface area (Å²) in [6.45, 7) is 1.63. The van der Waals surface area contributed by atoms with Gasteiger partial charge in [-0.3, -0.25) is 4.99 Å². The lowest BCUT2D eigenvalue weighted by Crippen LogP contribution is -2.38. The third-order valence-electron chi connectivity index (χ3n) is 5.03. The SMILES string of the molecule is CN=C(NCCOc1ccccc1-c1ccccc1)NCc1cc(OC)c(OC)c(OC)c1.I. The van der Waals surface area contributed by atoms with Crippen LogP contribution in [0.15, 0.2) is 71.7 Å². The fourth-order valence-electron chi connectivity index (χ4n) is 3.42. The van der Waals surface area contributed by atoms with Crippen molar-refractivity contribution >= 4 is 29.9 Å². The van der Waals surface area contributed by atoms with Crippen molar-refractivity contribution in [2.45, 2.75) is 6.54 Å². The lowest BCUT2D eigenvalue weighted by Gasteiger charge is -2.16. The van der Waals surface area contributed by atoms with Gasteiger partial charge in [0.25, 0.3) is 0 Å². The van der Waals surface area contributed by atoms with E-state index >= 15 is 0 Å². The van der Waals surface area contributed by atoms with Gasteiger partial charge in [-0.1, -0.05) is 48.5 Å². The van der Waals surface area contributed by atoms with E-state index in [4.69, 9.17) is 18.9 Å². The quantitative estimate of drug-likeness (QED) is 0.157. The molecule has 0 aliphatic rings. The van der Waals surface area contributed by atoms with Crippen LogP contribution < -0.4 is 29.6 Å². The first-order valence-electron chi connectivity index (χ1n) is 10.7. The lowest BCUT2D eigenvalue weighted by molar-refractivity contribution is 0.323. The van der Waals surface area contributed by atoms with Gasteiger partial charge in [0.1, 0.15) is 12.4 Å². The molecule has 2 N–H and O–H groups in total. The molecule has 0 radical (unpaired) electrons. The highest BCUT2D eigenvalue weighted by Gasteiger charge is 2.13. The predicted octanol–water partition coefficient (Wildman–Crippen LogP) is 4.74. The van der Waals surface area contributed by atoms with Crippen LogP contribution in [0.25, 0.3) is 11.1 Å². The second kappa shape index (κ2) is 14.2. The van der Waals surface area contributed by atoms with E-state index in [-0.39, 0.29) is 24.0 Å². The van der Waals surface area contributed by atoms with Crippen molar-refractivity contribution in [3.63, 3.8) is 0 Å². The van der Waals surface area contributed by atoms with Gasteiger partial charge in [0, 0.05) is 19.2 Å². The Kier molecular flexibility index (Phi) is 11.3. The number of methoxy groups -OCH3 is 3. The van der Waals surface area contributed by atoms with Crippen molar-refractivity contribution in [2.24, 2.45) is 4.99 Å². The molecule has 0 spiro atoms. The zero-order valence-corrected chi connectivity index (χ0v) is 22.3. The Balaban J connectivity index is 0.00000408. The van der Waals surface area contributed by atoms with Crippen molar-refractivity contribution in [1.29, 1.82) is 0 Å². The molecule has 3 rings (SSSR count). The number of guanidine groups is 1. The zero-order chi connectivity index (χ0) is 23.5. The van der Waals surface area contributed by atoms with E-state index < -0.39 is 0 Å². The molecular formula is C26H32IN3O4. The highest BCUT2D eigenvalue weighted by Crippen LogP contribution is 2.38. The molecule has 0 fully saturated rings. The molecular weight excluding hydrogens is 545 g/mol. The summed E-state index contributed by atoms with van der Waals surface area (Å²) in [7, 11) is 6.52. The van der Waals surface area contributed by atoms with Crippen molar-refractivity contribution in [3.05, 3.63) is 72.3 Å². The summed E-state index contributed by atoms with van der Waals surface area (Å²) in [6.07, 6.45) is 0. The lowest BCUT2D eigenvalue weighted by atomic mass is 10.1. The fourth-order valence-corrected chi connectivity index (χ4v) is 3.42. The minimum Gasteiger partial charge on any atom is -0.493 e. The number of nitrogens with zero attached hydrogens (tertiary/aromatic N) is 1. The van der Waals surface area contributed by atoms with Crippen LogP contribution in [0.3, 0.4) is 0 Å². The number of nitrogens with one attached hydrogen (secondary N) is 2. The van der Waals surface area contributed by atoms with Crippen molar-refractivity contribution in [3.8, 4) is 34.1 Å². The van der Waals surface area contributed by atoms with E-state index in [1.54, 1.807) is 28.4 Å². The van der Waals surface area contributed by atoms with E-state index in [1.165, 1.54) is 0 Å². The van der Waals surface area contributed by atoms with Crippen LogP contribution in [0.1, 0.15) is 5.56 Å². The van der Waals surface area contributed by atoms with Gasteiger partial charge in [-0.2, -0.15) is 0 Å². The number of halogens is 1. The smallest absolute Gasteiger partial charge is 0.203 e. The Hall–Kier alpha value is -3.14. The number of aliphatic imine (C=N–C) groups is 1. The van der Waals surface area contributed by atoms with E-state index in [0.29, 0.717) is 42.9 Å². The second-order valence-electron chi connectivity index (χ2n) is 7.10. The van der Waals surface area contributed by atoms with Gasteiger partial charge in [-0.15, -0.1) is 24.0 Å². The van der Waals surface area contributed by atoms with E-state index in [9.17, 15) is 0 Å². The molecule has 0 aromatic heterocycles. The van der Waals surface area contributed by atoms with Gasteiger partial charge in [0.2, 0.25) is 5.75 Å². The molecule has 182 valence electrons. The standard InChI is InChI=1S/C26H31N3O4.HI/c1-27-26(29-18-19-16-23(30-2)25(32-4)24(17-19)31-3)28-14-15-33-22-13-9-8-12-21(22)20-10-6-5-7-11-20;/h5-13,16-17H,14-15,18H2,1-4H3,(H2,27,28,29);1H. The molecule has 0 aliphatic heterocycles. The predicted molar refractivity (Wildman–Crippen MR) is 147 cm³/mol. The Morgan fingerprint density at radius 3 is 2.06 bits per heavy atom. The molecule has 0 unspecified atom stereocenters. The minimum atomic E-state index is 0. The summed E-state index contributed by atoms with van der Waals surface area (Å²) in [5.74, 6) is 3.32. The molecule has 0 saturated carbocycles. The van der Waals surface area contributed by atoms with Crippen LogP contribution in [-0.2, 0) is 6.54 Å². The number of hydrogen-bond acceptors (Lipinski definition) is 5. The van der Waals surface area contributed by atoms with Gasteiger partial charge < -0.3 is 29.6 Å². The zero-order valence-electron chi connectivity index (χ0n) is 20.0. The molecule has 0 bridgehead atoms. The molecule has 3 aromatic carbocycles. The Labute approximate surface area is 218 Å². The summed E-state index contributed by atoms with van der Waals surface area (Å²) in [6, 6.07) is 22.1. The molecule has 0 aliphatic carbocycles. The van der Waals surface area contributed by atoms with Crippen LogP contribution in [0.5, 0.6) is 23.0 Å². The van der Waals surface area contributed by atoms with Gasteiger partial charge in [-0.05, 0) is 29.3 Å². The molecule has 7 nitrogen and oxygen atoms in total. The number of hydrogen-bond donors (Lipinski definition) is 2. The van der Waals surface area contributed by atoms with E-state index in [2.05, 4.69) is 33.8 Å². The van der Waals surface area contributed by atoms with E-state index in [1.807, 2.05) is 48.5 Å². The number of ether oxygens (including phenoxy) is 4. The molecule has 3 aromatic rings. The average molecular weight is 577 g/mol. The Morgan fingerprint density at radius 1 is 0.794 bits per heavy atom. The summed E-state index contributed by atoms with van der Waals surface area (Å²) in [5, 5.41) is 6.57. The molecule has 0 heterocycles. The summed E-state index contributed by atoms with van der Waals surface area (Å²) in [4.78, 5) is 4.28. The molecule has 0 amide bonds. The van der Waals surface area contributed by atoms with Crippen LogP contribution in [0.4, 0.5) is 0 Å². The summed E-state index contributed by atoms with van der Waals surface area (Å²) >= 11 is 0. The van der Waals surface area contributed by atoms with Crippen molar-refractivity contribution in [1.82, 2.24) is 10.6 Å². The second-order valence-corrected chi connectivity index (χ2v) is 7.10. The van der Waals surface area contributed by atoms with Gasteiger partial charge in [0.15, 0.2) is 17.5 Å². The normalized spacial score (nSPS) is 10.6. The fraction of sp³-hybridized carbons (Fsp3) is 0.269. The monoisotopic (exact) mass is 577 g/mol. The topological polar surface area (TPSA) is 73.3 Å². The first kappa shape index (κ1) is 27.1. The molecule has 8 heteroatoms. The summed E-state index contributed by atoms with van der Waals surface area (Å²) in [5.41, 5.74) is 3.17. The van der Waals surface area contributed by atoms with Gasteiger partial charge in [0.05, 0.1) is 27.9 Å². The number of benzene rings is 3. The Bertz CT molecular complexity index is 1040. The molecule has 34 heavy (non-hydrogen) atoms. The number of para-hydroxylation sites is 1. The first-order valence-corrected chi connectivity index (χ1v) is 10.7. The van der Waals surface area contributed by atoms with Crippen LogP contribution in [0.2, 0.25) is 0 Å². The molecule has 0 atom stereocenters. The highest BCUT2D eigenvalue weighted by molar-refractivity contribution is 14.0. The maximum absolute atomic E-state index is 6.04. The van der Waals surface area contributed by atoms with Crippen LogP contribution in [0, 0.1) is 0 Å². The minimum absolute atomic E-state index is 0. The maximum Gasteiger partial charge on any atom is 0.203 e. The Morgan fingerprint density at radius 2 is 1.44 bits per heavy atom. The maximum atomic E-state index is 6.04. The third-order valence-corrected chi connectivity index (χ3v) is 5.03. The summed E-state index contributed by atoms with van der Waals surface area (Å²) < 4.78 is 22.3. The van der Waals surface area contributed by atoms with Crippen molar-refractivity contribution < 1.29 is 18.9 Å². The van der Waals surface area contributed by atoms with Crippen LogP contribution in [-0.4, -0.2) is 47.5 Å². The average Bonchev–Trinajstić information content (AvgIpc) is 2.88. The van der Waals surface area contributed by atoms with Gasteiger partial charge in [-0.25, -0.2) is 0 Å².